The number of hydrogen-bond acceptors (Lipinski definition) is 4. The smallest absolute Gasteiger partial charge is 0.317 e. The molecule has 6 nitrogen and oxygen atoms in total. The summed E-state index contributed by atoms with van der Waals surface area (Å²) in [7, 11) is 1.78. The quantitative estimate of drug-likeness (QED) is 0.876. The minimum absolute atomic E-state index is 0.0545. The Balaban J connectivity index is 1.34. The maximum atomic E-state index is 13.9. The molecule has 1 aliphatic carbocycles. The van der Waals surface area contributed by atoms with Gasteiger partial charge >= 0.3 is 6.03 Å². The molecule has 0 bridgehead atoms. The van der Waals surface area contributed by atoms with Crippen LogP contribution >= 0.6 is 0 Å². The Bertz CT molecular complexity index is 850. The first-order valence-corrected chi connectivity index (χ1v) is 9.54. The first-order chi connectivity index (χ1) is 13.5. The molecule has 1 saturated heterocycles. The van der Waals surface area contributed by atoms with E-state index in [-0.39, 0.29) is 24.0 Å². The summed E-state index contributed by atoms with van der Waals surface area (Å²) in [5, 5.41) is 11.0. The van der Waals surface area contributed by atoms with E-state index in [0.29, 0.717) is 18.5 Å². The van der Waals surface area contributed by atoms with Crippen LogP contribution in [0.2, 0.25) is 0 Å². The molecule has 2 heterocycles. The van der Waals surface area contributed by atoms with Gasteiger partial charge in [-0.05, 0) is 55.2 Å². The minimum Gasteiger partial charge on any atom is -0.353 e. The van der Waals surface area contributed by atoms with Crippen molar-refractivity contribution in [2.24, 2.45) is 0 Å². The molecule has 2 aliphatic rings. The van der Waals surface area contributed by atoms with E-state index in [1.165, 1.54) is 6.07 Å². The van der Waals surface area contributed by atoms with Crippen LogP contribution in [0.25, 0.3) is 0 Å². The Labute approximate surface area is 162 Å². The average molecular weight is 387 g/mol. The molecule has 3 atom stereocenters. The van der Waals surface area contributed by atoms with Crippen LogP contribution in [-0.4, -0.2) is 53.3 Å². The van der Waals surface area contributed by atoms with Crippen molar-refractivity contribution in [1.82, 2.24) is 20.4 Å². The van der Waals surface area contributed by atoms with E-state index in [4.69, 9.17) is 0 Å². The van der Waals surface area contributed by atoms with Gasteiger partial charge in [-0.15, -0.1) is 5.10 Å². The van der Waals surface area contributed by atoms with E-state index in [0.717, 1.165) is 37.3 Å². The number of piperidine rings is 1. The summed E-state index contributed by atoms with van der Waals surface area (Å²) >= 11 is 0. The van der Waals surface area contributed by atoms with Gasteiger partial charge in [0.05, 0.1) is 6.04 Å². The summed E-state index contributed by atoms with van der Waals surface area (Å²) in [6.45, 7) is 1.57. The summed E-state index contributed by atoms with van der Waals surface area (Å²) in [5.74, 6) is -0.249. The highest BCUT2D eigenvalue weighted by molar-refractivity contribution is 5.75. The highest BCUT2D eigenvalue weighted by Gasteiger charge is 2.42. The molecular weight excluding hydrogens is 364 g/mol. The summed E-state index contributed by atoms with van der Waals surface area (Å²) in [5.41, 5.74) is 0.333. The number of aromatic nitrogens is 2. The van der Waals surface area contributed by atoms with Crippen LogP contribution in [-0.2, 0) is 0 Å². The van der Waals surface area contributed by atoms with Crippen LogP contribution < -0.4 is 10.2 Å². The average Bonchev–Trinajstić information content (AvgIpc) is 3.48. The molecule has 1 saturated carbocycles. The minimum atomic E-state index is -0.461. The number of rotatable bonds is 4. The van der Waals surface area contributed by atoms with E-state index >= 15 is 0 Å². The number of carbonyl (C=O) groups is 1. The SMILES string of the molecule is CN(C(=O)NC1CC1c1cc(F)ccc1F)[C@@H]1CCCN(c2cccnn2)C1. The van der Waals surface area contributed by atoms with Gasteiger partial charge in [-0.1, -0.05) is 0 Å². The molecule has 8 heteroatoms. The number of benzene rings is 1. The number of hydrogen-bond donors (Lipinski definition) is 1. The Kier molecular flexibility index (Phi) is 5.11. The van der Waals surface area contributed by atoms with Gasteiger partial charge in [0, 0.05) is 38.3 Å². The molecule has 148 valence electrons. The predicted molar refractivity (Wildman–Crippen MR) is 101 cm³/mol. The van der Waals surface area contributed by atoms with Crippen molar-refractivity contribution < 1.29 is 13.6 Å². The fraction of sp³-hybridized carbons (Fsp3) is 0.450. The number of nitrogens with zero attached hydrogens (tertiary/aromatic N) is 4. The molecule has 2 aromatic rings. The number of anilines is 1. The Hall–Kier alpha value is -2.77. The lowest BCUT2D eigenvalue weighted by molar-refractivity contribution is 0.182. The fourth-order valence-electron chi connectivity index (χ4n) is 3.86. The number of likely N-dealkylation sites (N-methyl/N-ethyl adjacent to an activating group) is 1. The van der Waals surface area contributed by atoms with Gasteiger partial charge in [0.1, 0.15) is 11.6 Å². The van der Waals surface area contributed by atoms with Gasteiger partial charge in [-0.25, -0.2) is 13.6 Å². The second kappa shape index (κ2) is 7.69. The maximum Gasteiger partial charge on any atom is 0.317 e. The summed E-state index contributed by atoms with van der Waals surface area (Å²) < 4.78 is 27.3. The lowest BCUT2D eigenvalue weighted by Gasteiger charge is -2.38. The van der Waals surface area contributed by atoms with Crippen molar-refractivity contribution in [3.05, 3.63) is 53.7 Å². The van der Waals surface area contributed by atoms with Crippen molar-refractivity contribution in [3.63, 3.8) is 0 Å². The van der Waals surface area contributed by atoms with Crippen molar-refractivity contribution >= 4 is 11.8 Å². The van der Waals surface area contributed by atoms with Crippen LogP contribution in [0.3, 0.4) is 0 Å². The first kappa shape index (κ1) is 18.6. The third kappa shape index (κ3) is 3.90. The van der Waals surface area contributed by atoms with Crippen LogP contribution in [0.15, 0.2) is 36.5 Å². The molecule has 4 rings (SSSR count). The first-order valence-electron chi connectivity index (χ1n) is 9.54. The standard InChI is InChI=1S/C20H23F2N5O/c1-26(14-4-3-9-27(12-14)19-5-2-8-23-25-19)20(28)24-18-11-16(18)15-10-13(21)6-7-17(15)22/h2,5-8,10,14,16,18H,3-4,9,11-12H2,1H3,(H,24,28)/t14-,16?,18?/m1/s1. The second-order valence-corrected chi connectivity index (χ2v) is 7.50. The van der Waals surface area contributed by atoms with Crippen molar-refractivity contribution in [2.75, 3.05) is 25.0 Å². The van der Waals surface area contributed by atoms with E-state index in [1.807, 2.05) is 12.1 Å². The zero-order chi connectivity index (χ0) is 19.7. The van der Waals surface area contributed by atoms with Crippen LogP contribution in [0.5, 0.6) is 0 Å². The lowest BCUT2D eigenvalue weighted by atomic mass is 10.0. The van der Waals surface area contributed by atoms with Gasteiger partial charge < -0.3 is 15.1 Å². The Morgan fingerprint density at radius 2 is 2.18 bits per heavy atom. The number of amides is 2. The Morgan fingerprint density at radius 3 is 2.96 bits per heavy atom. The zero-order valence-corrected chi connectivity index (χ0v) is 15.7. The molecule has 1 aromatic heterocycles. The van der Waals surface area contributed by atoms with Crippen molar-refractivity contribution in [3.8, 4) is 0 Å². The van der Waals surface area contributed by atoms with Gasteiger partial charge in [-0.3, -0.25) is 0 Å². The van der Waals surface area contributed by atoms with Gasteiger partial charge in [-0.2, -0.15) is 5.10 Å². The maximum absolute atomic E-state index is 13.9. The second-order valence-electron chi connectivity index (χ2n) is 7.50. The summed E-state index contributed by atoms with van der Waals surface area (Å²) in [6, 6.07) is 6.93. The fourth-order valence-corrected chi connectivity index (χ4v) is 3.86. The molecule has 28 heavy (non-hydrogen) atoms. The molecule has 2 amide bonds. The monoisotopic (exact) mass is 387 g/mol. The molecule has 2 fully saturated rings. The molecule has 0 spiro atoms. The number of urea groups is 1. The molecule has 1 aliphatic heterocycles. The van der Waals surface area contributed by atoms with Crippen LogP contribution in [0, 0.1) is 11.6 Å². The molecule has 0 radical (unpaired) electrons. The highest BCUT2D eigenvalue weighted by Crippen LogP contribution is 2.42. The third-order valence-corrected chi connectivity index (χ3v) is 5.60. The van der Waals surface area contributed by atoms with Crippen molar-refractivity contribution in [1.29, 1.82) is 0 Å². The number of nitrogens with one attached hydrogen (secondary N) is 1. The largest absolute Gasteiger partial charge is 0.353 e. The lowest BCUT2D eigenvalue weighted by Crippen LogP contribution is -2.52. The normalized spacial score (nSPS) is 24.0. The van der Waals surface area contributed by atoms with Gasteiger partial charge in [0.15, 0.2) is 5.82 Å². The highest BCUT2D eigenvalue weighted by atomic mass is 19.1. The predicted octanol–water partition coefficient (Wildman–Crippen LogP) is 2.92. The molecule has 1 aromatic carbocycles. The van der Waals surface area contributed by atoms with Crippen molar-refractivity contribution in [2.45, 2.75) is 37.3 Å². The topological polar surface area (TPSA) is 61.4 Å². The van der Waals surface area contributed by atoms with Gasteiger partial charge in [0.2, 0.25) is 0 Å². The molecular formula is C20H23F2N5O. The van der Waals surface area contributed by atoms with Crippen LogP contribution in [0.1, 0.15) is 30.7 Å². The Morgan fingerprint density at radius 1 is 1.32 bits per heavy atom. The van der Waals surface area contributed by atoms with E-state index < -0.39 is 11.6 Å². The molecule has 1 N–H and O–H groups in total. The van der Waals surface area contributed by atoms with E-state index in [1.54, 1.807) is 18.1 Å². The zero-order valence-electron chi connectivity index (χ0n) is 15.7. The summed E-state index contributed by atoms with van der Waals surface area (Å²) in [6.07, 6.45) is 4.13. The van der Waals surface area contributed by atoms with E-state index in [2.05, 4.69) is 20.4 Å². The summed E-state index contributed by atoms with van der Waals surface area (Å²) in [4.78, 5) is 16.5. The van der Waals surface area contributed by atoms with E-state index in [9.17, 15) is 13.6 Å². The number of halogens is 2. The van der Waals surface area contributed by atoms with Gasteiger partial charge in [0.25, 0.3) is 0 Å². The molecule has 2 unspecified atom stereocenters. The number of carbonyl (C=O) groups excluding carboxylic acids is 1. The van der Waals surface area contributed by atoms with Crippen LogP contribution in [0.4, 0.5) is 19.4 Å². The third-order valence-electron chi connectivity index (χ3n) is 5.60.